The van der Waals surface area contributed by atoms with E-state index in [4.69, 9.17) is 11.6 Å². The second kappa shape index (κ2) is 7.67. The molecule has 1 fully saturated rings. The first kappa shape index (κ1) is 17.8. The molecule has 0 N–H and O–H groups in total. The van der Waals surface area contributed by atoms with Crippen LogP contribution in [-0.4, -0.2) is 36.6 Å². The van der Waals surface area contributed by atoms with Gasteiger partial charge < -0.3 is 4.90 Å². The zero-order valence-corrected chi connectivity index (χ0v) is 15.6. The molecule has 2 rings (SSSR count). The number of hydrogen-bond acceptors (Lipinski definition) is 2. The first-order chi connectivity index (χ1) is 9.36. The lowest BCUT2D eigenvalue weighted by molar-refractivity contribution is 0.128. The lowest BCUT2D eigenvalue weighted by Crippen LogP contribution is -2.53. The fourth-order valence-corrected chi connectivity index (χ4v) is 3.20. The Kier molecular flexibility index (Phi) is 6.83. The maximum absolute atomic E-state index is 6.10. The number of nitrogens with zero attached hydrogens (tertiary/aromatic N) is 2. The van der Waals surface area contributed by atoms with E-state index in [-0.39, 0.29) is 5.54 Å². The SMILES string of the molecule is CC.CC(C)(C)N1CCN(c2cc(Cl)cc(Br)c2)CC1. The summed E-state index contributed by atoms with van der Waals surface area (Å²) in [6.07, 6.45) is 0. The van der Waals surface area contributed by atoms with Gasteiger partial charge in [0.2, 0.25) is 0 Å². The molecule has 1 saturated heterocycles. The first-order valence-corrected chi connectivity index (χ1v) is 8.49. The molecule has 0 spiro atoms. The number of rotatable bonds is 1. The van der Waals surface area contributed by atoms with Crippen LogP contribution < -0.4 is 4.90 Å². The summed E-state index contributed by atoms with van der Waals surface area (Å²) in [7, 11) is 0. The fourth-order valence-electron chi connectivity index (χ4n) is 2.36. The summed E-state index contributed by atoms with van der Waals surface area (Å²) in [6.45, 7) is 15.2. The van der Waals surface area contributed by atoms with Gasteiger partial charge in [0, 0.05) is 46.9 Å². The maximum Gasteiger partial charge on any atom is 0.0437 e. The summed E-state index contributed by atoms with van der Waals surface area (Å²) in [6, 6.07) is 6.11. The van der Waals surface area contributed by atoms with Gasteiger partial charge >= 0.3 is 0 Å². The van der Waals surface area contributed by atoms with Crippen LogP contribution in [0.1, 0.15) is 34.6 Å². The van der Waals surface area contributed by atoms with Gasteiger partial charge in [-0.25, -0.2) is 0 Å². The summed E-state index contributed by atoms with van der Waals surface area (Å²) >= 11 is 9.61. The molecule has 0 saturated carbocycles. The lowest BCUT2D eigenvalue weighted by atomic mass is 10.0. The molecule has 2 nitrogen and oxygen atoms in total. The molecule has 0 amide bonds. The van der Waals surface area contributed by atoms with Crippen molar-refractivity contribution in [3.8, 4) is 0 Å². The topological polar surface area (TPSA) is 6.48 Å². The zero-order valence-electron chi connectivity index (χ0n) is 13.2. The third-order valence-electron chi connectivity index (χ3n) is 3.44. The molecule has 4 heteroatoms. The van der Waals surface area contributed by atoms with Gasteiger partial charge in [-0.05, 0) is 39.0 Å². The van der Waals surface area contributed by atoms with E-state index in [1.165, 1.54) is 5.69 Å². The Hall–Kier alpha value is -0.250. The summed E-state index contributed by atoms with van der Waals surface area (Å²) < 4.78 is 1.04. The predicted molar refractivity (Wildman–Crippen MR) is 94.0 cm³/mol. The molecule has 0 aliphatic carbocycles. The van der Waals surface area contributed by atoms with Crippen LogP contribution in [0.15, 0.2) is 22.7 Å². The third-order valence-corrected chi connectivity index (χ3v) is 4.12. The number of hydrogen-bond donors (Lipinski definition) is 0. The van der Waals surface area contributed by atoms with Gasteiger partial charge in [0.25, 0.3) is 0 Å². The maximum atomic E-state index is 6.10. The lowest BCUT2D eigenvalue weighted by Gasteiger charge is -2.43. The minimum atomic E-state index is 0.265. The Morgan fingerprint density at radius 2 is 1.55 bits per heavy atom. The number of halogens is 2. The second-order valence-corrected chi connectivity index (χ2v) is 7.12. The highest BCUT2D eigenvalue weighted by atomic mass is 79.9. The quantitative estimate of drug-likeness (QED) is 0.690. The van der Waals surface area contributed by atoms with Crippen LogP contribution in [0.3, 0.4) is 0 Å². The van der Waals surface area contributed by atoms with Crippen molar-refractivity contribution < 1.29 is 0 Å². The minimum absolute atomic E-state index is 0.265. The van der Waals surface area contributed by atoms with Crippen LogP contribution in [0.25, 0.3) is 0 Å². The summed E-state index contributed by atoms with van der Waals surface area (Å²) in [4.78, 5) is 4.93. The first-order valence-electron chi connectivity index (χ1n) is 7.32. The van der Waals surface area contributed by atoms with E-state index in [0.717, 1.165) is 35.7 Å². The van der Waals surface area contributed by atoms with Gasteiger partial charge in [0.1, 0.15) is 0 Å². The Balaban J connectivity index is 0.000000956. The van der Waals surface area contributed by atoms with E-state index < -0.39 is 0 Å². The molecule has 0 unspecified atom stereocenters. The van der Waals surface area contributed by atoms with Gasteiger partial charge in [-0.15, -0.1) is 0 Å². The fraction of sp³-hybridized carbons (Fsp3) is 0.625. The standard InChI is InChI=1S/C14H20BrClN2.C2H6/c1-14(2,3)18-6-4-17(5-7-18)13-9-11(15)8-12(16)10-13;1-2/h8-10H,4-7H2,1-3H3;1-2H3. The van der Waals surface area contributed by atoms with E-state index in [9.17, 15) is 0 Å². The molecular formula is C16H26BrClN2. The average molecular weight is 362 g/mol. The molecule has 20 heavy (non-hydrogen) atoms. The molecule has 0 bridgehead atoms. The molecule has 1 aliphatic heterocycles. The highest BCUT2D eigenvalue weighted by Gasteiger charge is 2.25. The van der Waals surface area contributed by atoms with Crippen LogP contribution in [0.2, 0.25) is 5.02 Å². The Morgan fingerprint density at radius 3 is 2.00 bits per heavy atom. The van der Waals surface area contributed by atoms with Crippen LogP contribution in [0.5, 0.6) is 0 Å². The van der Waals surface area contributed by atoms with E-state index in [0.29, 0.717) is 0 Å². The van der Waals surface area contributed by atoms with Crippen LogP contribution in [0.4, 0.5) is 5.69 Å². The third kappa shape index (κ3) is 4.94. The monoisotopic (exact) mass is 360 g/mol. The van der Waals surface area contributed by atoms with E-state index in [1.807, 2.05) is 26.0 Å². The molecule has 1 aromatic carbocycles. The number of piperazine rings is 1. The largest absolute Gasteiger partial charge is 0.369 e. The van der Waals surface area contributed by atoms with Crippen molar-refractivity contribution in [3.05, 3.63) is 27.7 Å². The van der Waals surface area contributed by atoms with Crippen molar-refractivity contribution in [2.75, 3.05) is 31.1 Å². The summed E-state index contributed by atoms with van der Waals surface area (Å²) in [5, 5.41) is 0.789. The number of benzene rings is 1. The minimum Gasteiger partial charge on any atom is -0.369 e. The summed E-state index contributed by atoms with van der Waals surface area (Å²) in [5.74, 6) is 0. The Morgan fingerprint density at radius 1 is 1.00 bits per heavy atom. The Bertz CT molecular complexity index is 401. The van der Waals surface area contributed by atoms with Gasteiger partial charge in [0.15, 0.2) is 0 Å². The smallest absolute Gasteiger partial charge is 0.0437 e. The van der Waals surface area contributed by atoms with E-state index in [1.54, 1.807) is 0 Å². The van der Waals surface area contributed by atoms with Crippen LogP contribution in [0, 0.1) is 0 Å². The predicted octanol–water partition coefficient (Wildman–Crippen LogP) is 5.05. The molecular weight excluding hydrogens is 336 g/mol. The van der Waals surface area contributed by atoms with Gasteiger partial charge in [-0.2, -0.15) is 0 Å². The van der Waals surface area contributed by atoms with Crippen molar-refractivity contribution in [1.29, 1.82) is 0 Å². The molecule has 0 aromatic heterocycles. The molecule has 1 heterocycles. The van der Waals surface area contributed by atoms with Crippen molar-refractivity contribution in [2.45, 2.75) is 40.2 Å². The van der Waals surface area contributed by atoms with Crippen molar-refractivity contribution in [3.63, 3.8) is 0 Å². The van der Waals surface area contributed by atoms with Gasteiger partial charge in [0.05, 0.1) is 0 Å². The normalized spacial score (nSPS) is 16.6. The molecule has 114 valence electrons. The highest BCUT2D eigenvalue weighted by Crippen LogP contribution is 2.27. The zero-order chi connectivity index (χ0) is 15.3. The highest BCUT2D eigenvalue weighted by molar-refractivity contribution is 9.10. The van der Waals surface area contributed by atoms with Gasteiger partial charge in [-0.3, -0.25) is 4.90 Å². The van der Waals surface area contributed by atoms with E-state index in [2.05, 4.69) is 52.6 Å². The number of anilines is 1. The second-order valence-electron chi connectivity index (χ2n) is 5.77. The van der Waals surface area contributed by atoms with Gasteiger partial charge in [-0.1, -0.05) is 41.4 Å². The Labute approximate surface area is 137 Å². The van der Waals surface area contributed by atoms with Crippen molar-refractivity contribution >= 4 is 33.2 Å². The average Bonchev–Trinajstić information content (AvgIpc) is 2.39. The summed E-state index contributed by atoms with van der Waals surface area (Å²) in [5.41, 5.74) is 1.48. The van der Waals surface area contributed by atoms with E-state index >= 15 is 0 Å². The molecule has 0 atom stereocenters. The van der Waals surface area contributed by atoms with Crippen LogP contribution >= 0.6 is 27.5 Å². The van der Waals surface area contributed by atoms with Crippen molar-refractivity contribution in [2.24, 2.45) is 0 Å². The molecule has 1 aliphatic rings. The molecule has 1 aromatic rings. The van der Waals surface area contributed by atoms with Crippen molar-refractivity contribution in [1.82, 2.24) is 4.90 Å². The molecule has 0 radical (unpaired) electrons. The van der Waals surface area contributed by atoms with Crippen LogP contribution in [-0.2, 0) is 0 Å².